The molecule has 2 aliphatic carbocycles. The Labute approximate surface area is 297 Å². The number of aryl methyl sites for hydroxylation is 2. The second-order valence-electron chi connectivity index (χ2n) is 14.2. The number of nitrogens with zero attached hydrogens (tertiary/aromatic N) is 2. The summed E-state index contributed by atoms with van der Waals surface area (Å²) in [5, 5.41) is 6.60. The van der Waals surface area contributed by atoms with Crippen molar-refractivity contribution in [1.82, 2.24) is 14.9 Å². The van der Waals surface area contributed by atoms with Gasteiger partial charge in [0.05, 0.1) is 22.3 Å². The Hall–Kier alpha value is -4.68. The number of ketones is 3. The van der Waals surface area contributed by atoms with E-state index in [4.69, 9.17) is 0 Å². The van der Waals surface area contributed by atoms with Crippen molar-refractivity contribution < 1.29 is 14.4 Å². The number of fused-ring (bicyclic) bond motifs is 2. The standard InChI is InChI=1S/C41H45N5O3S/c1-8-39(9-2,37(48)31-18-26(25(6)43-31)13-12-16-42-7)45-29-14-15-30-27(17-29)19-32(44-30)38(49)40(10-3,11-4)46-22-28-21-41(28)34(46)20-33(47)36-35(41)24(5)23-50-36/h12-15,17-20,23,28,45H,8-11,21-22H2,1-7H3,(H,44,49)/p+1. The van der Waals surface area contributed by atoms with E-state index >= 15 is 0 Å². The van der Waals surface area contributed by atoms with Crippen LogP contribution >= 0.6 is 11.3 Å². The molecule has 3 aliphatic rings. The molecule has 0 amide bonds. The van der Waals surface area contributed by atoms with Crippen molar-refractivity contribution in [3.63, 3.8) is 0 Å². The van der Waals surface area contributed by atoms with E-state index in [1.165, 1.54) is 11.1 Å². The van der Waals surface area contributed by atoms with Gasteiger partial charge in [-0.2, -0.15) is 0 Å². The number of carbonyl (C=O) groups is 3. The number of hydrogen-bond donors (Lipinski definition) is 3. The van der Waals surface area contributed by atoms with Gasteiger partial charge in [0.25, 0.3) is 7.05 Å². The molecule has 1 aliphatic heterocycles. The van der Waals surface area contributed by atoms with Crippen LogP contribution in [0.1, 0.15) is 113 Å². The summed E-state index contributed by atoms with van der Waals surface area (Å²) in [6.07, 6.45) is 8.96. The summed E-state index contributed by atoms with van der Waals surface area (Å²) in [6, 6.07) is 12.6. The molecule has 7 rings (SSSR count). The number of rotatable bonds is 12. The Balaban J connectivity index is 1.18. The van der Waals surface area contributed by atoms with Gasteiger partial charge in [-0.1, -0.05) is 32.5 Å². The zero-order valence-corrected chi connectivity index (χ0v) is 30.9. The third-order valence-electron chi connectivity index (χ3n) is 11.9. The number of nitrogens with one attached hydrogen (secondary N) is 3. The highest BCUT2D eigenvalue weighted by Crippen LogP contribution is 2.69. The molecule has 50 heavy (non-hydrogen) atoms. The van der Waals surface area contributed by atoms with Crippen molar-refractivity contribution in [2.45, 2.75) is 90.1 Å². The minimum atomic E-state index is -0.824. The molecule has 2 fully saturated rings. The Morgan fingerprint density at radius 1 is 1.06 bits per heavy atom. The third kappa shape index (κ3) is 4.86. The minimum Gasteiger partial charge on any atom is -0.372 e. The predicted octanol–water partition coefficient (Wildman–Crippen LogP) is 9.10. The van der Waals surface area contributed by atoms with Crippen molar-refractivity contribution in [3.05, 3.63) is 97.1 Å². The van der Waals surface area contributed by atoms with Gasteiger partial charge >= 0.3 is 6.07 Å². The van der Waals surface area contributed by atoms with E-state index in [9.17, 15) is 14.4 Å². The average Bonchev–Trinajstić information content (AvgIpc) is 3.52. The highest BCUT2D eigenvalue weighted by molar-refractivity contribution is 7.12. The van der Waals surface area contributed by atoms with Crippen LogP contribution in [0, 0.1) is 25.8 Å². The second kappa shape index (κ2) is 12.3. The van der Waals surface area contributed by atoms with Crippen molar-refractivity contribution in [2.75, 3.05) is 18.9 Å². The van der Waals surface area contributed by atoms with Gasteiger partial charge in [0, 0.05) is 46.0 Å². The summed E-state index contributed by atoms with van der Waals surface area (Å²) in [5.41, 5.74) is 6.33. The van der Waals surface area contributed by atoms with Crippen LogP contribution in [0.4, 0.5) is 5.69 Å². The van der Waals surface area contributed by atoms with Crippen molar-refractivity contribution in [3.8, 4) is 6.07 Å². The summed E-state index contributed by atoms with van der Waals surface area (Å²) in [6.45, 7) is 13.1. The van der Waals surface area contributed by atoms with Gasteiger partial charge in [-0.15, -0.1) is 11.3 Å². The maximum absolute atomic E-state index is 14.7. The SMILES string of the molecule is CCC(CC)(Nc1ccc2[nH]c(C(=O)C(CC)(CC)N3CC4CC45C3=CC(=O)c3scc(C)c35)cc2c1)C(=O)c1cc(C=CC#[N+]C)c(C)[nH]1. The van der Waals surface area contributed by atoms with E-state index in [1.54, 1.807) is 24.5 Å². The number of aromatic amines is 2. The molecule has 258 valence electrons. The normalized spacial score (nSPS) is 19.6. The van der Waals surface area contributed by atoms with E-state index in [0.29, 0.717) is 43.0 Å². The van der Waals surface area contributed by atoms with Gasteiger partial charge in [0.15, 0.2) is 5.78 Å². The van der Waals surface area contributed by atoms with Crippen LogP contribution in [0.3, 0.4) is 0 Å². The lowest BCUT2D eigenvalue weighted by Gasteiger charge is -2.44. The van der Waals surface area contributed by atoms with Crippen molar-refractivity contribution in [2.24, 2.45) is 5.92 Å². The number of benzene rings is 1. The molecule has 4 heterocycles. The van der Waals surface area contributed by atoms with Crippen molar-refractivity contribution in [1.29, 1.82) is 0 Å². The Morgan fingerprint density at radius 3 is 2.50 bits per heavy atom. The Kier molecular flexibility index (Phi) is 8.30. The third-order valence-corrected chi connectivity index (χ3v) is 13.0. The molecule has 0 radical (unpaired) electrons. The fraction of sp³-hybridized carbons (Fsp3) is 0.415. The van der Waals surface area contributed by atoms with Gasteiger partial charge < -0.3 is 20.2 Å². The number of Topliss-reactive ketones (excluding diaryl/α,β-unsaturated/α-hetero) is 2. The van der Waals surface area contributed by atoms with Crippen LogP contribution in [0.15, 0.2) is 53.6 Å². The smallest absolute Gasteiger partial charge is 0.302 e. The number of likely N-dealkylation sites (tertiary alicyclic amines) is 1. The molecule has 2 unspecified atom stereocenters. The maximum Gasteiger partial charge on any atom is 0.302 e. The first-order valence-corrected chi connectivity index (χ1v) is 18.7. The number of thiophene rings is 1. The van der Waals surface area contributed by atoms with Crippen LogP contribution in [0.5, 0.6) is 0 Å². The van der Waals surface area contributed by atoms with Gasteiger partial charge in [-0.3, -0.25) is 14.4 Å². The first kappa shape index (κ1) is 33.8. The van der Waals surface area contributed by atoms with E-state index in [-0.39, 0.29) is 22.8 Å². The van der Waals surface area contributed by atoms with E-state index in [1.807, 2.05) is 63.3 Å². The van der Waals surface area contributed by atoms with Crippen LogP contribution in [0.25, 0.3) is 21.8 Å². The summed E-state index contributed by atoms with van der Waals surface area (Å²) in [4.78, 5) is 55.9. The number of piperidine rings is 1. The molecule has 8 nitrogen and oxygen atoms in total. The number of carbonyl (C=O) groups excluding carboxylic acids is 3. The summed E-state index contributed by atoms with van der Waals surface area (Å²) in [7, 11) is 1.67. The topological polar surface area (TPSA) is 102 Å². The van der Waals surface area contributed by atoms with E-state index in [2.05, 4.69) is 57.3 Å². The van der Waals surface area contributed by atoms with Gasteiger partial charge in [0.1, 0.15) is 11.1 Å². The quantitative estimate of drug-likeness (QED) is 0.102. The first-order chi connectivity index (χ1) is 24.0. The molecule has 1 saturated heterocycles. The molecular weight excluding hydrogens is 643 g/mol. The van der Waals surface area contributed by atoms with E-state index < -0.39 is 11.1 Å². The number of hydrogen-bond acceptors (Lipinski definition) is 6. The summed E-state index contributed by atoms with van der Waals surface area (Å²) in [5.74, 6) is 0.532. The molecular formula is C41H46N5O3S+. The van der Waals surface area contributed by atoms with Crippen molar-refractivity contribution >= 4 is 51.4 Å². The van der Waals surface area contributed by atoms with Crippen LogP contribution < -0.4 is 5.32 Å². The first-order valence-electron chi connectivity index (χ1n) is 17.9. The Morgan fingerprint density at radius 2 is 1.80 bits per heavy atom. The molecule has 1 saturated carbocycles. The second-order valence-corrected chi connectivity index (χ2v) is 15.1. The highest BCUT2D eigenvalue weighted by Gasteiger charge is 2.69. The Bertz CT molecular complexity index is 2180. The number of H-pyrrole nitrogens is 2. The zero-order chi connectivity index (χ0) is 35.6. The van der Waals surface area contributed by atoms with Gasteiger partial charge in [0.2, 0.25) is 11.6 Å². The average molecular weight is 689 g/mol. The zero-order valence-electron chi connectivity index (χ0n) is 30.0. The fourth-order valence-corrected chi connectivity index (χ4v) is 9.96. The fourth-order valence-electron chi connectivity index (χ4n) is 8.91. The van der Waals surface area contributed by atoms with Crippen LogP contribution in [-0.2, 0) is 5.41 Å². The molecule has 3 aromatic heterocycles. The molecule has 2 atom stereocenters. The van der Waals surface area contributed by atoms with Gasteiger partial charge in [-0.05, 0) is 110 Å². The molecule has 3 N–H and O–H groups in total. The summed E-state index contributed by atoms with van der Waals surface area (Å²) < 4.78 is 0. The van der Waals surface area contributed by atoms with Crippen LogP contribution in [0.2, 0.25) is 0 Å². The molecule has 9 heteroatoms. The van der Waals surface area contributed by atoms with Gasteiger partial charge in [-0.25, -0.2) is 0 Å². The lowest BCUT2D eigenvalue weighted by atomic mass is 9.80. The largest absolute Gasteiger partial charge is 0.372 e. The molecule has 1 spiro atoms. The number of allylic oxidation sites excluding steroid dienone is 3. The number of aromatic nitrogens is 2. The monoisotopic (exact) mass is 688 g/mol. The molecule has 0 bridgehead atoms. The highest BCUT2D eigenvalue weighted by atomic mass is 32.1. The molecule has 4 aromatic rings. The predicted molar refractivity (Wildman–Crippen MR) is 203 cm³/mol. The summed E-state index contributed by atoms with van der Waals surface area (Å²) >= 11 is 1.55. The molecule has 1 aromatic carbocycles. The lowest BCUT2D eigenvalue weighted by molar-refractivity contribution is 0.0616. The number of anilines is 1. The van der Waals surface area contributed by atoms with E-state index in [0.717, 1.165) is 51.4 Å². The lowest BCUT2D eigenvalue weighted by Crippen LogP contribution is -2.54. The van der Waals surface area contributed by atoms with Crippen LogP contribution in [-0.4, -0.2) is 56.9 Å². The maximum atomic E-state index is 14.7. The minimum absolute atomic E-state index is 0.000735.